The molecule has 0 radical (unpaired) electrons. The van der Waals surface area contributed by atoms with Gasteiger partial charge in [0.25, 0.3) is 0 Å². The molecule has 8 nitrogen and oxygen atoms in total. The van der Waals surface area contributed by atoms with Crippen molar-refractivity contribution in [3.8, 4) is 11.8 Å². The number of para-hydroxylation sites is 2. The van der Waals surface area contributed by atoms with Crippen LogP contribution in [0.5, 0.6) is 11.8 Å². The van der Waals surface area contributed by atoms with Crippen LogP contribution in [0.4, 0.5) is 17.3 Å². The van der Waals surface area contributed by atoms with Crippen molar-refractivity contribution in [2.24, 2.45) is 0 Å². The van der Waals surface area contributed by atoms with E-state index in [0.29, 0.717) is 35.6 Å². The Morgan fingerprint density at radius 1 is 1.03 bits per heavy atom. The maximum Gasteiger partial charge on any atom is 0.248 e. The normalized spacial score (nSPS) is 10.6. The van der Waals surface area contributed by atoms with Crippen molar-refractivity contribution in [1.29, 1.82) is 0 Å². The molecule has 1 heterocycles. The molecule has 0 bridgehead atoms. The van der Waals surface area contributed by atoms with Crippen LogP contribution >= 0.6 is 0 Å². The Bertz CT molecular complexity index is 1010. The van der Waals surface area contributed by atoms with E-state index >= 15 is 0 Å². The number of nitrogen functional groups attached to an aromatic ring is 1. The molecule has 0 saturated carbocycles. The number of methoxy groups -OCH3 is 2. The quantitative estimate of drug-likeness (QED) is 0.389. The number of hydrogen-bond acceptors (Lipinski definition) is 7. The van der Waals surface area contributed by atoms with E-state index in [1.165, 1.54) is 20.3 Å². The summed E-state index contributed by atoms with van der Waals surface area (Å²) in [7, 11) is 3.07. The van der Waals surface area contributed by atoms with Crippen LogP contribution in [0.15, 0.2) is 60.7 Å². The molecule has 0 atom stereocenters. The van der Waals surface area contributed by atoms with E-state index in [-0.39, 0.29) is 5.91 Å². The second kappa shape index (κ2) is 9.92. The number of nitrogens with zero attached hydrogens (tertiary/aromatic N) is 2. The number of amides is 1. The molecule has 3 aromatic rings. The number of aromatic nitrogens is 2. The van der Waals surface area contributed by atoms with E-state index in [2.05, 4.69) is 20.6 Å². The number of ether oxygens (including phenoxy) is 2. The highest BCUT2D eigenvalue weighted by atomic mass is 16.5. The molecule has 0 unspecified atom stereocenters. The first-order chi connectivity index (χ1) is 14.6. The van der Waals surface area contributed by atoms with Gasteiger partial charge in [-0.05, 0) is 29.3 Å². The zero-order valence-corrected chi connectivity index (χ0v) is 16.8. The largest absolute Gasteiger partial charge is 0.481 e. The molecule has 0 spiro atoms. The molecule has 1 amide bonds. The Balaban J connectivity index is 1.56. The molecule has 0 aliphatic heterocycles. The van der Waals surface area contributed by atoms with Crippen LogP contribution in [-0.2, 0) is 11.3 Å². The zero-order valence-electron chi connectivity index (χ0n) is 16.8. The van der Waals surface area contributed by atoms with Crippen molar-refractivity contribution in [2.45, 2.75) is 6.54 Å². The maximum atomic E-state index is 12.1. The molecular formula is C22H23N5O3. The van der Waals surface area contributed by atoms with E-state index in [4.69, 9.17) is 15.2 Å². The fourth-order valence-electron chi connectivity index (χ4n) is 2.58. The van der Waals surface area contributed by atoms with Crippen molar-refractivity contribution in [3.63, 3.8) is 0 Å². The van der Waals surface area contributed by atoms with Crippen molar-refractivity contribution in [3.05, 3.63) is 71.8 Å². The molecular weight excluding hydrogens is 382 g/mol. The fraction of sp³-hybridized carbons (Fsp3) is 0.136. The molecule has 0 saturated heterocycles. The second-order valence-electron chi connectivity index (χ2n) is 6.28. The Labute approximate surface area is 174 Å². The monoisotopic (exact) mass is 405 g/mol. The van der Waals surface area contributed by atoms with Crippen LogP contribution in [0, 0.1) is 0 Å². The highest BCUT2D eigenvalue weighted by Gasteiger charge is 2.05. The zero-order chi connectivity index (χ0) is 21.3. The Hall–Kier alpha value is -4.07. The predicted octanol–water partition coefficient (Wildman–Crippen LogP) is 3.34. The average molecular weight is 405 g/mol. The molecule has 1 aromatic heterocycles. The number of carbonyl (C=O) groups excluding carboxylic acids is 1. The highest BCUT2D eigenvalue weighted by Crippen LogP contribution is 2.18. The first-order valence-electron chi connectivity index (χ1n) is 9.21. The van der Waals surface area contributed by atoms with Gasteiger partial charge < -0.3 is 25.8 Å². The minimum Gasteiger partial charge on any atom is -0.481 e. The summed E-state index contributed by atoms with van der Waals surface area (Å²) in [6.07, 6.45) is 3.21. The number of nitrogens with two attached hydrogens (primary N) is 1. The summed E-state index contributed by atoms with van der Waals surface area (Å²) in [6, 6.07) is 16.5. The van der Waals surface area contributed by atoms with Crippen LogP contribution in [0.25, 0.3) is 6.08 Å². The van der Waals surface area contributed by atoms with Gasteiger partial charge in [-0.3, -0.25) is 4.79 Å². The molecule has 154 valence electrons. The van der Waals surface area contributed by atoms with Crippen LogP contribution in [0.3, 0.4) is 0 Å². The first kappa shape index (κ1) is 20.7. The maximum absolute atomic E-state index is 12.1. The lowest BCUT2D eigenvalue weighted by atomic mass is 10.1. The summed E-state index contributed by atoms with van der Waals surface area (Å²) in [6.45, 7) is 0.522. The summed E-state index contributed by atoms with van der Waals surface area (Å²) >= 11 is 0. The van der Waals surface area contributed by atoms with Crippen LogP contribution < -0.4 is 25.8 Å². The Kier molecular flexibility index (Phi) is 6.83. The third-order valence-corrected chi connectivity index (χ3v) is 4.17. The van der Waals surface area contributed by atoms with Gasteiger partial charge in [0, 0.05) is 12.6 Å². The summed E-state index contributed by atoms with van der Waals surface area (Å²) in [5.74, 6) is 0.996. The van der Waals surface area contributed by atoms with Crippen LogP contribution in [0.1, 0.15) is 11.1 Å². The van der Waals surface area contributed by atoms with Gasteiger partial charge in [-0.25, -0.2) is 0 Å². The highest BCUT2D eigenvalue weighted by molar-refractivity contribution is 6.03. The molecule has 2 aromatic carbocycles. The number of carbonyl (C=O) groups is 1. The van der Waals surface area contributed by atoms with Gasteiger partial charge in [0.15, 0.2) is 0 Å². The van der Waals surface area contributed by atoms with Gasteiger partial charge in [0.1, 0.15) is 0 Å². The van der Waals surface area contributed by atoms with Gasteiger partial charge in [0.05, 0.1) is 31.7 Å². The van der Waals surface area contributed by atoms with Crippen molar-refractivity contribution >= 4 is 29.3 Å². The van der Waals surface area contributed by atoms with E-state index in [1.807, 2.05) is 36.4 Å². The second-order valence-corrected chi connectivity index (χ2v) is 6.28. The molecule has 0 fully saturated rings. The standard InChI is InChI=1S/C22H23N5O3/c1-29-20-13-21(30-2)27-22(26-20)24-14-16-9-7-15(8-10-16)11-12-19(28)25-18-6-4-3-5-17(18)23/h3-13H,14,23H2,1-2H3,(H,25,28)(H,24,26,27)/b12-11+. The number of nitrogens with one attached hydrogen (secondary N) is 2. The Morgan fingerprint density at radius 2 is 1.70 bits per heavy atom. The van der Waals surface area contributed by atoms with Crippen molar-refractivity contribution < 1.29 is 14.3 Å². The molecule has 0 aliphatic carbocycles. The average Bonchev–Trinajstić information content (AvgIpc) is 2.78. The minimum absolute atomic E-state index is 0.247. The SMILES string of the molecule is COc1cc(OC)nc(NCc2ccc(/C=C/C(=O)Nc3ccccc3N)cc2)n1. The van der Waals surface area contributed by atoms with Gasteiger partial charge in [-0.1, -0.05) is 36.4 Å². The third-order valence-electron chi connectivity index (χ3n) is 4.17. The lowest BCUT2D eigenvalue weighted by molar-refractivity contribution is -0.111. The van der Waals surface area contributed by atoms with Gasteiger partial charge in [-0.15, -0.1) is 0 Å². The fourth-order valence-corrected chi connectivity index (χ4v) is 2.58. The molecule has 8 heteroatoms. The number of rotatable bonds is 8. The van der Waals surface area contributed by atoms with E-state index < -0.39 is 0 Å². The van der Waals surface area contributed by atoms with Crippen LogP contribution in [0.2, 0.25) is 0 Å². The van der Waals surface area contributed by atoms with Gasteiger partial charge >= 0.3 is 0 Å². The topological polar surface area (TPSA) is 111 Å². The van der Waals surface area contributed by atoms with Crippen molar-refractivity contribution in [2.75, 3.05) is 30.6 Å². The smallest absolute Gasteiger partial charge is 0.248 e. The summed E-state index contributed by atoms with van der Waals surface area (Å²) in [5, 5.41) is 5.89. The molecule has 30 heavy (non-hydrogen) atoms. The number of anilines is 3. The van der Waals surface area contributed by atoms with E-state index in [0.717, 1.165) is 11.1 Å². The minimum atomic E-state index is -0.247. The molecule has 3 rings (SSSR count). The van der Waals surface area contributed by atoms with E-state index in [9.17, 15) is 4.79 Å². The third kappa shape index (κ3) is 5.71. The first-order valence-corrected chi connectivity index (χ1v) is 9.21. The number of benzene rings is 2. The van der Waals surface area contributed by atoms with Crippen LogP contribution in [-0.4, -0.2) is 30.1 Å². The summed E-state index contributed by atoms with van der Waals surface area (Å²) in [4.78, 5) is 20.5. The molecule has 4 N–H and O–H groups in total. The lowest BCUT2D eigenvalue weighted by Crippen LogP contribution is -2.09. The predicted molar refractivity (Wildman–Crippen MR) is 117 cm³/mol. The van der Waals surface area contributed by atoms with Gasteiger partial charge in [0.2, 0.25) is 23.6 Å². The summed E-state index contributed by atoms with van der Waals surface area (Å²) < 4.78 is 10.3. The van der Waals surface area contributed by atoms with Gasteiger partial charge in [-0.2, -0.15) is 9.97 Å². The lowest BCUT2D eigenvalue weighted by Gasteiger charge is -2.08. The number of hydrogen-bond donors (Lipinski definition) is 3. The summed E-state index contributed by atoms with van der Waals surface area (Å²) in [5.41, 5.74) is 8.86. The molecule has 0 aliphatic rings. The Morgan fingerprint density at radius 3 is 2.33 bits per heavy atom. The van der Waals surface area contributed by atoms with E-state index in [1.54, 1.807) is 24.3 Å². The van der Waals surface area contributed by atoms with Crippen molar-refractivity contribution in [1.82, 2.24) is 9.97 Å².